The number of aliphatic hydroxyl groups is 1. The number of hydrogen-bond donors (Lipinski definition) is 1. The summed E-state index contributed by atoms with van der Waals surface area (Å²) in [7, 11) is 2.00. The zero-order valence-electron chi connectivity index (χ0n) is 11.1. The van der Waals surface area contributed by atoms with Crippen molar-refractivity contribution in [3.63, 3.8) is 0 Å². The van der Waals surface area contributed by atoms with Crippen LogP contribution in [0.4, 0.5) is 10.8 Å². The average Bonchev–Trinajstić information content (AvgIpc) is 2.75. The van der Waals surface area contributed by atoms with Crippen molar-refractivity contribution < 1.29 is 5.11 Å². The van der Waals surface area contributed by atoms with Crippen molar-refractivity contribution in [2.45, 2.75) is 26.9 Å². The largest absolute Gasteiger partial charge is 0.388 e. The van der Waals surface area contributed by atoms with Crippen molar-refractivity contribution >= 4 is 22.2 Å². The molecule has 0 aliphatic heterocycles. The molecule has 1 aromatic carbocycles. The number of anilines is 2. The Kier molecular flexibility index (Phi) is 3.68. The quantitative estimate of drug-likeness (QED) is 0.918. The minimum atomic E-state index is -0.455. The van der Waals surface area contributed by atoms with Crippen LogP contribution in [0.2, 0.25) is 0 Å². The number of aromatic nitrogens is 1. The second-order valence-electron chi connectivity index (χ2n) is 4.63. The van der Waals surface area contributed by atoms with Gasteiger partial charge in [0.1, 0.15) is 0 Å². The van der Waals surface area contributed by atoms with E-state index in [9.17, 15) is 5.11 Å². The van der Waals surface area contributed by atoms with E-state index in [1.165, 1.54) is 22.5 Å². The van der Waals surface area contributed by atoms with Gasteiger partial charge in [0.25, 0.3) is 0 Å². The van der Waals surface area contributed by atoms with E-state index in [1.54, 1.807) is 13.1 Å². The van der Waals surface area contributed by atoms with Crippen LogP contribution in [0.5, 0.6) is 0 Å². The lowest BCUT2D eigenvalue weighted by atomic mass is 10.1. The molecule has 0 aliphatic carbocycles. The highest BCUT2D eigenvalue weighted by Crippen LogP contribution is 2.31. The topological polar surface area (TPSA) is 36.4 Å². The van der Waals surface area contributed by atoms with Crippen LogP contribution in [0.1, 0.15) is 29.0 Å². The molecule has 0 spiro atoms. The zero-order chi connectivity index (χ0) is 13.3. The Morgan fingerprint density at radius 2 is 1.83 bits per heavy atom. The van der Waals surface area contributed by atoms with E-state index in [0.717, 1.165) is 15.7 Å². The number of aliphatic hydroxyl groups excluding tert-OH is 1. The monoisotopic (exact) mass is 262 g/mol. The molecule has 0 saturated heterocycles. The fourth-order valence-corrected chi connectivity index (χ4v) is 2.71. The molecule has 4 heteroatoms. The lowest BCUT2D eigenvalue weighted by molar-refractivity contribution is 0.203. The molecule has 1 atom stereocenters. The Balaban J connectivity index is 2.31. The minimum absolute atomic E-state index is 0.455. The maximum Gasteiger partial charge on any atom is 0.189 e. The summed E-state index contributed by atoms with van der Waals surface area (Å²) in [6, 6.07) is 6.42. The molecular formula is C14H18N2OS. The fraction of sp³-hybridized carbons (Fsp3) is 0.357. The molecule has 0 fully saturated rings. The van der Waals surface area contributed by atoms with Gasteiger partial charge in [-0.15, -0.1) is 0 Å². The predicted octanol–water partition coefficient (Wildman–Crippen LogP) is 3.58. The van der Waals surface area contributed by atoms with Crippen LogP contribution >= 0.6 is 11.3 Å². The smallest absolute Gasteiger partial charge is 0.189 e. The van der Waals surface area contributed by atoms with E-state index in [-0.39, 0.29) is 0 Å². The molecule has 2 aromatic rings. The molecule has 0 aliphatic rings. The van der Waals surface area contributed by atoms with Gasteiger partial charge in [-0.05, 0) is 44.0 Å². The second-order valence-corrected chi connectivity index (χ2v) is 5.67. The SMILES string of the molecule is Cc1cc(C)cc(N(C)c2ncc(C(C)O)s2)c1. The molecule has 18 heavy (non-hydrogen) atoms. The van der Waals surface area contributed by atoms with Crippen LogP contribution in [0.25, 0.3) is 0 Å². The molecule has 0 saturated carbocycles. The summed E-state index contributed by atoms with van der Waals surface area (Å²) in [4.78, 5) is 7.30. The Labute approximate surface area is 112 Å². The molecule has 0 amide bonds. The predicted molar refractivity (Wildman–Crippen MR) is 76.7 cm³/mol. The highest BCUT2D eigenvalue weighted by molar-refractivity contribution is 7.15. The molecule has 2 rings (SSSR count). The maximum absolute atomic E-state index is 9.53. The van der Waals surface area contributed by atoms with E-state index in [2.05, 4.69) is 41.9 Å². The molecule has 3 nitrogen and oxygen atoms in total. The number of nitrogens with zero attached hydrogens (tertiary/aromatic N) is 2. The van der Waals surface area contributed by atoms with E-state index in [0.29, 0.717) is 0 Å². The summed E-state index contributed by atoms with van der Waals surface area (Å²) in [6.07, 6.45) is 1.29. The summed E-state index contributed by atoms with van der Waals surface area (Å²) in [5.74, 6) is 0. The normalized spacial score (nSPS) is 12.5. The van der Waals surface area contributed by atoms with Gasteiger partial charge in [-0.25, -0.2) is 4.98 Å². The van der Waals surface area contributed by atoms with Gasteiger partial charge >= 0.3 is 0 Å². The third-order valence-corrected chi connectivity index (χ3v) is 4.05. The van der Waals surface area contributed by atoms with Gasteiger partial charge in [0.15, 0.2) is 5.13 Å². The molecule has 1 heterocycles. The third-order valence-electron chi connectivity index (χ3n) is 2.80. The van der Waals surface area contributed by atoms with Crippen molar-refractivity contribution in [2.75, 3.05) is 11.9 Å². The van der Waals surface area contributed by atoms with Crippen molar-refractivity contribution in [1.29, 1.82) is 0 Å². The summed E-state index contributed by atoms with van der Waals surface area (Å²) >= 11 is 1.52. The summed E-state index contributed by atoms with van der Waals surface area (Å²) in [5, 5.41) is 10.4. The number of aryl methyl sites for hydroxylation is 2. The van der Waals surface area contributed by atoms with Crippen molar-refractivity contribution in [1.82, 2.24) is 4.98 Å². The van der Waals surface area contributed by atoms with Gasteiger partial charge in [-0.2, -0.15) is 0 Å². The van der Waals surface area contributed by atoms with Crippen LogP contribution < -0.4 is 4.90 Å². The molecule has 1 aromatic heterocycles. The van der Waals surface area contributed by atoms with Crippen LogP contribution in [0.3, 0.4) is 0 Å². The van der Waals surface area contributed by atoms with Gasteiger partial charge in [0.05, 0.1) is 11.0 Å². The molecule has 1 unspecified atom stereocenters. The Hall–Kier alpha value is -1.39. The standard InChI is InChI=1S/C14H18N2OS/c1-9-5-10(2)7-12(6-9)16(4)14-15-8-13(18-14)11(3)17/h5-8,11,17H,1-4H3. The second kappa shape index (κ2) is 5.08. The highest BCUT2D eigenvalue weighted by Gasteiger charge is 2.12. The summed E-state index contributed by atoms with van der Waals surface area (Å²) < 4.78 is 0. The van der Waals surface area contributed by atoms with Gasteiger partial charge < -0.3 is 10.0 Å². The average molecular weight is 262 g/mol. The zero-order valence-corrected chi connectivity index (χ0v) is 12.0. The number of hydrogen-bond acceptors (Lipinski definition) is 4. The van der Waals surface area contributed by atoms with Gasteiger partial charge in [-0.1, -0.05) is 17.4 Å². The first-order chi connectivity index (χ1) is 8.47. The summed E-state index contributed by atoms with van der Waals surface area (Å²) in [5.41, 5.74) is 3.60. The van der Waals surface area contributed by atoms with Gasteiger partial charge in [0, 0.05) is 18.9 Å². The Morgan fingerprint density at radius 1 is 1.22 bits per heavy atom. The van der Waals surface area contributed by atoms with Gasteiger partial charge in [0.2, 0.25) is 0 Å². The first kappa shape index (κ1) is 13.1. The lowest BCUT2D eigenvalue weighted by Crippen LogP contribution is -2.09. The molecule has 0 radical (unpaired) electrons. The molecule has 1 N–H and O–H groups in total. The van der Waals surface area contributed by atoms with E-state index in [1.807, 2.05) is 7.05 Å². The minimum Gasteiger partial charge on any atom is -0.388 e. The van der Waals surface area contributed by atoms with Crippen LogP contribution in [-0.4, -0.2) is 17.1 Å². The third kappa shape index (κ3) is 2.71. The first-order valence-corrected chi connectivity index (χ1v) is 6.75. The number of rotatable bonds is 3. The van der Waals surface area contributed by atoms with Crippen molar-refractivity contribution in [3.05, 3.63) is 40.4 Å². The van der Waals surface area contributed by atoms with Crippen LogP contribution in [-0.2, 0) is 0 Å². The van der Waals surface area contributed by atoms with Crippen LogP contribution in [0, 0.1) is 13.8 Å². The van der Waals surface area contributed by atoms with E-state index in [4.69, 9.17) is 0 Å². The fourth-order valence-electron chi connectivity index (χ4n) is 1.88. The Morgan fingerprint density at radius 3 is 2.33 bits per heavy atom. The number of benzene rings is 1. The molecular weight excluding hydrogens is 244 g/mol. The number of thiazole rings is 1. The summed E-state index contributed by atoms with van der Waals surface area (Å²) in [6.45, 7) is 5.94. The first-order valence-electron chi connectivity index (χ1n) is 5.93. The van der Waals surface area contributed by atoms with Gasteiger partial charge in [-0.3, -0.25) is 0 Å². The highest BCUT2D eigenvalue weighted by atomic mass is 32.1. The maximum atomic E-state index is 9.53. The van der Waals surface area contributed by atoms with E-state index >= 15 is 0 Å². The molecule has 0 bridgehead atoms. The van der Waals surface area contributed by atoms with E-state index < -0.39 is 6.10 Å². The Bertz CT molecular complexity index is 528. The molecule has 96 valence electrons. The lowest BCUT2D eigenvalue weighted by Gasteiger charge is -2.17. The van der Waals surface area contributed by atoms with Crippen molar-refractivity contribution in [2.24, 2.45) is 0 Å². The van der Waals surface area contributed by atoms with Crippen molar-refractivity contribution in [3.8, 4) is 0 Å². The van der Waals surface area contributed by atoms with Crippen LogP contribution in [0.15, 0.2) is 24.4 Å².